The quantitative estimate of drug-likeness (QED) is 0.697. The number of nitrogens with two attached hydrogens (primary N) is 1. The van der Waals surface area contributed by atoms with Crippen molar-refractivity contribution < 1.29 is 9.59 Å². The molecule has 18 heavy (non-hydrogen) atoms. The molecule has 96 valence electrons. The molecule has 1 aliphatic rings. The minimum atomic E-state index is -0.267. The van der Waals surface area contributed by atoms with Crippen LogP contribution in [0.15, 0.2) is 18.2 Å². The highest BCUT2D eigenvalue weighted by molar-refractivity contribution is 6.33. The maximum atomic E-state index is 12.0. The van der Waals surface area contributed by atoms with E-state index in [1.54, 1.807) is 18.2 Å². The molecule has 1 heterocycles. The number of hydrogen-bond donors (Lipinski definition) is 3. The number of nitrogen functional groups attached to an aromatic ring is 1. The lowest BCUT2D eigenvalue weighted by Gasteiger charge is -2.23. The zero-order chi connectivity index (χ0) is 13.1. The monoisotopic (exact) mass is 267 g/mol. The molecule has 2 rings (SSSR count). The molecule has 5 nitrogen and oxygen atoms in total. The third-order valence-electron chi connectivity index (χ3n) is 2.90. The Hall–Kier alpha value is -1.75. The topological polar surface area (TPSA) is 84.2 Å². The first-order valence-electron chi connectivity index (χ1n) is 5.69. The minimum absolute atomic E-state index is 0.0165. The van der Waals surface area contributed by atoms with Crippen molar-refractivity contribution >= 4 is 29.1 Å². The number of rotatable bonds is 2. The molecule has 2 amide bonds. The van der Waals surface area contributed by atoms with Gasteiger partial charge in [-0.25, -0.2) is 0 Å². The molecule has 4 N–H and O–H groups in total. The number of hydrogen-bond acceptors (Lipinski definition) is 3. The fraction of sp³-hybridized carbons (Fsp3) is 0.333. The van der Waals surface area contributed by atoms with Crippen molar-refractivity contribution in [3.63, 3.8) is 0 Å². The molecule has 0 saturated carbocycles. The Morgan fingerprint density at radius 2 is 2.28 bits per heavy atom. The van der Waals surface area contributed by atoms with E-state index in [4.69, 9.17) is 17.3 Å². The standard InChI is InChI=1S/C12H14ClN3O2/c13-9-3-1-2-8(11(9)14)12(18)16-7-4-5-10(17)15-6-7/h1-3,7H,4-6,14H2,(H,15,17)(H,16,18). The number of carbonyl (C=O) groups excluding carboxylic acids is 2. The Morgan fingerprint density at radius 1 is 1.50 bits per heavy atom. The van der Waals surface area contributed by atoms with E-state index < -0.39 is 0 Å². The van der Waals surface area contributed by atoms with Crippen LogP contribution < -0.4 is 16.4 Å². The molecule has 1 unspecified atom stereocenters. The molecule has 0 aromatic heterocycles. The lowest BCUT2D eigenvalue weighted by molar-refractivity contribution is -0.122. The molecule has 0 bridgehead atoms. The van der Waals surface area contributed by atoms with Crippen LogP contribution in [0.2, 0.25) is 5.02 Å². The highest BCUT2D eigenvalue weighted by atomic mass is 35.5. The molecule has 6 heteroatoms. The van der Waals surface area contributed by atoms with Crippen LogP contribution in [0, 0.1) is 0 Å². The Labute approximate surface area is 110 Å². The van der Waals surface area contributed by atoms with Crippen molar-refractivity contribution in [3.05, 3.63) is 28.8 Å². The van der Waals surface area contributed by atoms with Gasteiger partial charge in [0.1, 0.15) is 0 Å². The zero-order valence-corrected chi connectivity index (χ0v) is 10.5. The summed E-state index contributed by atoms with van der Waals surface area (Å²) in [5, 5.41) is 5.90. The number of benzene rings is 1. The third-order valence-corrected chi connectivity index (χ3v) is 3.23. The van der Waals surface area contributed by atoms with Gasteiger partial charge in [0.2, 0.25) is 5.91 Å². The molecule has 0 radical (unpaired) electrons. The second-order valence-electron chi connectivity index (χ2n) is 4.21. The first-order valence-corrected chi connectivity index (χ1v) is 6.07. The van der Waals surface area contributed by atoms with Crippen LogP contribution >= 0.6 is 11.6 Å². The summed E-state index contributed by atoms with van der Waals surface area (Å²) in [5.41, 5.74) is 6.38. The highest BCUT2D eigenvalue weighted by Crippen LogP contribution is 2.22. The van der Waals surface area contributed by atoms with Crippen LogP contribution in [0.25, 0.3) is 0 Å². The lowest BCUT2D eigenvalue weighted by Crippen LogP contribution is -2.47. The van der Waals surface area contributed by atoms with Crippen LogP contribution in [-0.2, 0) is 4.79 Å². The molecule has 1 aromatic carbocycles. The number of nitrogens with one attached hydrogen (secondary N) is 2. The van der Waals surface area contributed by atoms with Gasteiger partial charge in [-0.15, -0.1) is 0 Å². The normalized spacial score (nSPS) is 19.2. The highest BCUT2D eigenvalue weighted by Gasteiger charge is 2.21. The van der Waals surface area contributed by atoms with E-state index >= 15 is 0 Å². The molecule has 1 atom stereocenters. The van der Waals surface area contributed by atoms with Crippen molar-refractivity contribution in [2.24, 2.45) is 0 Å². The van der Waals surface area contributed by atoms with Crippen LogP contribution in [0.3, 0.4) is 0 Å². The second kappa shape index (κ2) is 5.27. The summed E-state index contributed by atoms with van der Waals surface area (Å²) in [6.07, 6.45) is 1.06. The average Bonchev–Trinajstić information content (AvgIpc) is 2.35. The van der Waals surface area contributed by atoms with Gasteiger partial charge in [-0.3, -0.25) is 9.59 Å². The summed E-state index contributed by atoms with van der Waals surface area (Å²) >= 11 is 5.86. The second-order valence-corrected chi connectivity index (χ2v) is 4.62. The third kappa shape index (κ3) is 2.73. The first kappa shape index (κ1) is 12.7. The lowest BCUT2D eigenvalue weighted by atomic mass is 10.1. The number of halogens is 1. The van der Waals surface area contributed by atoms with E-state index in [1.165, 1.54) is 0 Å². The summed E-state index contributed by atoms with van der Waals surface area (Å²) in [6, 6.07) is 4.87. The maximum Gasteiger partial charge on any atom is 0.253 e. The molecule has 1 aromatic rings. The predicted octanol–water partition coefficient (Wildman–Crippen LogP) is 0.931. The molecular weight excluding hydrogens is 254 g/mol. The number of carbonyl (C=O) groups is 2. The Kier molecular flexibility index (Phi) is 3.72. The number of para-hydroxylation sites is 1. The molecule has 1 fully saturated rings. The van der Waals surface area contributed by atoms with Crippen LogP contribution in [0.1, 0.15) is 23.2 Å². The SMILES string of the molecule is Nc1c(Cl)cccc1C(=O)NC1CCC(=O)NC1. The summed E-state index contributed by atoms with van der Waals surface area (Å²) in [4.78, 5) is 23.0. The van der Waals surface area contributed by atoms with Gasteiger partial charge in [0.25, 0.3) is 5.91 Å². The number of anilines is 1. The van der Waals surface area contributed by atoms with Crippen LogP contribution in [0.4, 0.5) is 5.69 Å². The van der Waals surface area contributed by atoms with E-state index in [0.29, 0.717) is 30.0 Å². The van der Waals surface area contributed by atoms with Gasteiger partial charge in [-0.2, -0.15) is 0 Å². The van der Waals surface area contributed by atoms with E-state index in [1.807, 2.05) is 0 Å². The van der Waals surface area contributed by atoms with Crippen LogP contribution in [-0.4, -0.2) is 24.4 Å². The number of piperidine rings is 1. The molecule has 0 aliphatic carbocycles. The predicted molar refractivity (Wildman–Crippen MR) is 69.4 cm³/mol. The Balaban J connectivity index is 2.03. The Morgan fingerprint density at radius 3 is 2.94 bits per heavy atom. The van der Waals surface area contributed by atoms with E-state index in [2.05, 4.69) is 10.6 Å². The van der Waals surface area contributed by atoms with E-state index in [9.17, 15) is 9.59 Å². The van der Waals surface area contributed by atoms with Gasteiger partial charge >= 0.3 is 0 Å². The first-order chi connectivity index (χ1) is 8.58. The minimum Gasteiger partial charge on any atom is -0.397 e. The summed E-state index contributed by atoms with van der Waals surface area (Å²) in [7, 11) is 0. The van der Waals surface area contributed by atoms with Crippen molar-refractivity contribution in [2.75, 3.05) is 12.3 Å². The summed E-state index contributed by atoms with van der Waals surface area (Å²) in [6.45, 7) is 0.449. The molecule has 1 saturated heterocycles. The van der Waals surface area contributed by atoms with Gasteiger partial charge < -0.3 is 16.4 Å². The summed E-state index contributed by atoms with van der Waals surface area (Å²) in [5.74, 6) is -0.251. The number of amides is 2. The summed E-state index contributed by atoms with van der Waals surface area (Å²) < 4.78 is 0. The van der Waals surface area contributed by atoms with Crippen LogP contribution in [0.5, 0.6) is 0 Å². The molecule has 0 spiro atoms. The molecular formula is C12H14ClN3O2. The van der Waals surface area contributed by atoms with Gasteiger partial charge in [-0.1, -0.05) is 17.7 Å². The van der Waals surface area contributed by atoms with Crippen molar-refractivity contribution in [1.82, 2.24) is 10.6 Å². The van der Waals surface area contributed by atoms with Crippen molar-refractivity contribution in [3.8, 4) is 0 Å². The fourth-order valence-electron chi connectivity index (χ4n) is 1.85. The van der Waals surface area contributed by atoms with Gasteiger partial charge in [-0.05, 0) is 18.6 Å². The van der Waals surface area contributed by atoms with Crippen molar-refractivity contribution in [1.29, 1.82) is 0 Å². The maximum absolute atomic E-state index is 12.0. The Bertz CT molecular complexity index is 480. The molecule has 1 aliphatic heterocycles. The van der Waals surface area contributed by atoms with Gasteiger partial charge in [0.05, 0.1) is 16.3 Å². The van der Waals surface area contributed by atoms with Gasteiger partial charge in [0, 0.05) is 19.0 Å². The smallest absolute Gasteiger partial charge is 0.253 e. The fourth-order valence-corrected chi connectivity index (χ4v) is 2.03. The zero-order valence-electron chi connectivity index (χ0n) is 9.70. The average molecular weight is 268 g/mol. The van der Waals surface area contributed by atoms with E-state index in [-0.39, 0.29) is 23.5 Å². The van der Waals surface area contributed by atoms with Crippen molar-refractivity contribution in [2.45, 2.75) is 18.9 Å². The van der Waals surface area contributed by atoms with E-state index in [0.717, 1.165) is 0 Å². The van der Waals surface area contributed by atoms with Gasteiger partial charge in [0.15, 0.2) is 0 Å². The largest absolute Gasteiger partial charge is 0.397 e.